The van der Waals surface area contributed by atoms with Crippen LogP contribution in [0.3, 0.4) is 0 Å². The summed E-state index contributed by atoms with van der Waals surface area (Å²) in [6.07, 6.45) is 3.73. The number of aliphatic hydroxyl groups excluding tert-OH is 1. The minimum absolute atomic E-state index is 0.315. The summed E-state index contributed by atoms with van der Waals surface area (Å²) >= 11 is 12.0. The maximum Gasteiger partial charge on any atom is 0.310 e. The van der Waals surface area contributed by atoms with Gasteiger partial charge in [-0.3, -0.25) is 4.79 Å². The third-order valence-corrected chi connectivity index (χ3v) is 5.91. The van der Waals surface area contributed by atoms with Crippen LogP contribution in [-0.2, 0) is 4.79 Å². The van der Waals surface area contributed by atoms with E-state index in [4.69, 9.17) is 28.9 Å². The van der Waals surface area contributed by atoms with Crippen molar-refractivity contribution in [1.82, 2.24) is 5.32 Å². The Morgan fingerprint density at radius 3 is 2.37 bits per heavy atom. The summed E-state index contributed by atoms with van der Waals surface area (Å²) in [5.74, 6) is -1.21. The predicted molar refractivity (Wildman–Crippen MR) is 123 cm³/mol. The normalized spacial score (nSPS) is 13.2. The van der Waals surface area contributed by atoms with Gasteiger partial charge in [0.05, 0.1) is 27.8 Å². The molecule has 5 nitrogen and oxygen atoms in total. The quantitative estimate of drug-likeness (QED) is 0.258. The molecule has 2 aromatic carbocycles. The van der Waals surface area contributed by atoms with Crippen LogP contribution in [0.4, 0.5) is 5.69 Å². The number of carboxylic acid groups (broad SMARTS) is 1. The number of hydrogen-bond acceptors (Lipinski definition) is 4. The molecule has 5 N–H and O–H groups in total. The molecule has 0 aliphatic heterocycles. The summed E-state index contributed by atoms with van der Waals surface area (Å²) < 4.78 is 0. The molecule has 2 aromatic rings. The Balaban J connectivity index is 1.65. The molecule has 7 heteroatoms. The van der Waals surface area contributed by atoms with E-state index in [1.165, 1.54) is 0 Å². The Hall–Kier alpha value is -1.79. The second-order valence-corrected chi connectivity index (χ2v) is 8.38. The predicted octanol–water partition coefficient (Wildman–Crippen LogP) is 5.33. The molecule has 2 rings (SSSR count). The minimum atomic E-state index is -0.761. The molecule has 0 aliphatic carbocycles. The maximum atomic E-state index is 11.6. The molecule has 0 bridgehead atoms. The van der Waals surface area contributed by atoms with Crippen LogP contribution >= 0.6 is 23.2 Å². The molecule has 30 heavy (non-hydrogen) atoms. The zero-order valence-corrected chi connectivity index (χ0v) is 18.7. The van der Waals surface area contributed by atoms with E-state index in [0.29, 0.717) is 34.3 Å². The van der Waals surface area contributed by atoms with E-state index >= 15 is 0 Å². The minimum Gasteiger partial charge on any atom is -0.481 e. The lowest BCUT2D eigenvalue weighted by molar-refractivity contribution is -0.139. The van der Waals surface area contributed by atoms with Gasteiger partial charge in [0.2, 0.25) is 0 Å². The highest BCUT2D eigenvalue weighted by molar-refractivity contribution is 6.38. The Morgan fingerprint density at radius 2 is 1.73 bits per heavy atom. The van der Waals surface area contributed by atoms with E-state index in [-0.39, 0.29) is 0 Å². The highest BCUT2D eigenvalue weighted by Crippen LogP contribution is 2.31. The summed E-state index contributed by atoms with van der Waals surface area (Å²) in [7, 11) is 0. The van der Waals surface area contributed by atoms with E-state index in [0.717, 1.165) is 43.4 Å². The first-order chi connectivity index (χ1) is 14.3. The summed E-state index contributed by atoms with van der Waals surface area (Å²) in [5.41, 5.74) is 8.58. The number of hydrogen-bond donors (Lipinski definition) is 4. The van der Waals surface area contributed by atoms with E-state index in [1.54, 1.807) is 12.1 Å². The Labute approximate surface area is 188 Å². The van der Waals surface area contributed by atoms with Crippen molar-refractivity contribution in [2.75, 3.05) is 18.8 Å². The van der Waals surface area contributed by atoms with Gasteiger partial charge in [0.15, 0.2) is 0 Å². The molecule has 0 spiro atoms. The molecule has 0 fully saturated rings. The van der Waals surface area contributed by atoms with Gasteiger partial charge in [-0.25, -0.2) is 0 Å². The van der Waals surface area contributed by atoms with E-state index in [9.17, 15) is 15.0 Å². The van der Waals surface area contributed by atoms with Gasteiger partial charge >= 0.3 is 5.97 Å². The third kappa shape index (κ3) is 7.17. The molecule has 0 heterocycles. The molecule has 0 saturated heterocycles. The number of carboxylic acids is 1. The molecule has 164 valence electrons. The molecule has 0 aliphatic rings. The molecule has 0 amide bonds. The van der Waals surface area contributed by atoms with Crippen molar-refractivity contribution in [3.05, 3.63) is 63.1 Å². The van der Waals surface area contributed by atoms with Gasteiger partial charge < -0.3 is 21.3 Å². The Bertz CT molecular complexity index is 822. The number of nitrogen functional groups attached to an aromatic ring is 1. The number of benzene rings is 2. The smallest absolute Gasteiger partial charge is 0.310 e. The fraction of sp³-hybridized carbons (Fsp3) is 0.435. The van der Waals surface area contributed by atoms with Gasteiger partial charge in [0.25, 0.3) is 0 Å². The molecule has 0 radical (unpaired) electrons. The van der Waals surface area contributed by atoms with Gasteiger partial charge in [0, 0.05) is 6.54 Å². The lowest BCUT2D eigenvalue weighted by atomic mass is 9.90. The highest BCUT2D eigenvalue weighted by atomic mass is 35.5. The lowest BCUT2D eigenvalue weighted by Crippen LogP contribution is -2.22. The number of anilines is 1. The SMILES string of the molecule is Cc1ccccc1C(CCCCCCNCC(O)c1cc(Cl)c(N)c(Cl)c1)C(=O)O. The van der Waals surface area contributed by atoms with Crippen molar-refractivity contribution < 1.29 is 15.0 Å². The van der Waals surface area contributed by atoms with Gasteiger partial charge in [0.1, 0.15) is 0 Å². The van der Waals surface area contributed by atoms with E-state index in [2.05, 4.69) is 5.32 Å². The van der Waals surface area contributed by atoms with Gasteiger partial charge in [-0.05, 0) is 55.1 Å². The first-order valence-corrected chi connectivity index (χ1v) is 11.0. The second kappa shape index (κ2) is 12.2. The standard InChI is InChI=1S/C23H30Cl2N2O3/c1-15-8-5-6-9-17(15)18(23(29)30)10-4-2-3-7-11-27-14-21(28)16-12-19(24)22(26)20(25)13-16/h5-6,8-9,12-13,18,21,27-28H,2-4,7,10-11,14,26H2,1H3,(H,29,30). The molecule has 0 aromatic heterocycles. The fourth-order valence-corrected chi connectivity index (χ4v) is 4.00. The van der Waals surface area contributed by atoms with Gasteiger partial charge in [-0.15, -0.1) is 0 Å². The maximum absolute atomic E-state index is 11.6. The molecule has 2 atom stereocenters. The van der Waals surface area contributed by atoms with Crippen molar-refractivity contribution in [1.29, 1.82) is 0 Å². The molecular weight excluding hydrogens is 423 g/mol. The Morgan fingerprint density at radius 1 is 1.10 bits per heavy atom. The van der Waals surface area contributed by atoms with Crippen LogP contribution in [0.2, 0.25) is 10.0 Å². The summed E-state index contributed by atoms with van der Waals surface area (Å²) in [6.45, 7) is 3.12. The topological polar surface area (TPSA) is 95.6 Å². The number of rotatable bonds is 12. The second-order valence-electron chi connectivity index (χ2n) is 7.57. The van der Waals surface area contributed by atoms with Crippen molar-refractivity contribution in [2.24, 2.45) is 0 Å². The number of carbonyl (C=O) groups is 1. The summed E-state index contributed by atoms with van der Waals surface area (Å²) in [6, 6.07) is 10.9. The third-order valence-electron chi connectivity index (χ3n) is 5.28. The van der Waals surface area contributed by atoms with Crippen LogP contribution in [0.5, 0.6) is 0 Å². The van der Waals surface area contributed by atoms with E-state index in [1.807, 2.05) is 31.2 Å². The van der Waals surface area contributed by atoms with Crippen molar-refractivity contribution in [3.8, 4) is 0 Å². The summed E-state index contributed by atoms with van der Waals surface area (Å²) in [5, 5.41) is 23.7. The van der Waals surface area contributed by atoms with Gasteiger partial charge in [-0.2, -0.15) is 0 Å². The van der Waals surface area contributed by atoms with E-state index < -0.39 is 18.0 Å². The number of nitrogens with one attached hydrogen (secondary N) is 1. The van der Waals surface area contributed by atoms with Crippen LogP contribution < -0.4 is 11.1 Å². The number of nitrogens with two attached hydrogens (primary N) is 1. The number of aryl methyl sites for hydroxylation is 1. The zero-order valence-electron chi connectivity index (χ0n) is 17.2. The zero-order chi connectivity index (χ0) is 22.1. The van der Waals surface area contributed by atoms with Crippen LogP contribution in [0.1, 0.15) is 60.8 Å². The van der Waals surface area contributed by atoms with Crippen LogP contribution in [0, 0.1) is 6.92 Å². The van der Waals surface area contributed by atoms with Crippen LogP contribution in [0.25, 0.3) is 0 Å². The number of aliphatic carboxylic acids is 1. The Kier molecular flexibility index (Phi) is 9.92. The number of unbranched alkanes of at least 4 members (excludes halogenated alkanes) is 3. The average molecular weight is 453 g/mol. The average Bonchev–Trinajstić information content (AvgIpc) is 2.71. The number of aliphatic hydroxyl groups is 1. The molecule has 0 saturated carbocycles. The number of halogens is 2. The van der Waals surface area contributed by atoms with Crippen molar-refractivity contribution in [2.45, 2.75) is 51.0 Å². The van der Waals surface area contributed by atoms with Crippen LogP contribution in [0.15, 0.2) is 36.4 Å². The first kappa shape index (κ1) is 24.5. The first-order valence-electron chi connectivity index (χ1n) is 10.2. The summed E-state index contributed by atoms with van der Waals surface area (Å²) in [4.78, 5) is 11.6. The van der Waals surface area contributed by atoms with Gasteiger partial charge in [-0.1, -0.05) is 66.7 Å². The van der Waals surface area contributed by atoms with Crippen molar-refractivity contribution in [3.63, 3.8) is 0 Å². The molecule has 2 unspecified atom stereocenters. The highest BCUT2D eigenvalue weighted by Gasteiger charge is 2.20. The fourth-order valence-electron chi connectivity index (χ4n) is 3.49. The largest absolute Gasteiger partial charge is 0.481 e. The van der Waals surface area contributed by atoms with Crippen LogP contribution in [-0.4, -0.2) is 29.3 Å². The van der Waals surface area contributed by atoms with Crippen molar-refractivity contribution >= 4 is 34.9 Å². The lowest BCUT2D eigenvalue weighted by Gasteiger charge is -2.15. The molecular formula is C23H30Cl2N2O3. The monoisotopic (exact) mass is 452 g/mol.